The van der Waals surface area contributed by atoms with E-state index in [0.717, 1.165) is 11.2 Å². The summed E-state index contributed by atoms with van der Waals surface area (Å²) in [6, 6.07) is 10.4. The topological polar surface area (TPSA) is 86.4 Å². The zero-order chi connectivity index (χ0) is 21.4. The Balaban J connectivity index is 1.79. The second-order valence-corrected chi connectivity index (χ2v) is 8.46. The van der Waals surface area contributed by atoms with Gasteiger partial charge in [0.25, 0.3) is 5.91 Å². The first-order chi connectivity index (χ1) is 14.4. The number of Topliss-reactive ketones (excluding diaryl/α,β-unsaturated/α-hetero) is 2. The molecule has 7 nitrogen and oxygen atoms in total. The normalized spacial score (nSPS) is 18.6. The van der Waals surface area contributed by atoms with Crippen molar-refractivity contribution in [3.8, 4) is 0 Å². The molecule has 0 aliphatic carbocycles. The van der Waals surface area contributed by atoms with Gasteiger partial charge in [-0.05, 0) is 37.1 Å². The third-order valence-electron chi connectivity index (χ3n) is 5.25. The molecule has 30 heavy (non-hydrogen) atoms. The molecule has 3 aromatic rings. The maximum atomic E-state index is 13.8. The summed E-state index contributed by atoms with van der Waals surface area (Å²) in [5, 5.41) is 0.694. The highest BCUT2D eigenvalue weighted by Crippen LogP contribution is 2.39. The number of benzene rings is 1. The van der Waals surface area contributed by atoms with E-state index in [4.69, 9.17) is 0 Å². The number of hydrogen-bond acceptors (Lipinski definition) is 6. The molecule has 0 bridgehead atoms. The molecule has 1 aliphatic rings. The zero-order valence-electron chi connectivity index (χ0n) is 17.0. The minimum Gasteiger partial charge on any atom is -0.350 e. The highest BCUT2D eigenvalue weighted by Gasteiger charge is 2.44. The maximum absolute atomic E-state index is 13.8. The predicted octanol–water partition coefficient (Wildman–Crippen LogP) is 3.19. The van der Waals surface area contributed by atoms with Gasteiger partial charge in [-0.3, -0.25) is 19.4 Å². The first-order valence-corrected chi connectivity index (χ1v) is 10.5. The average Bonchev–Trinajstić information content (AvgIpc) is 3.35. The fraction of sp³-hybridized carbons (Fsp3) is 0.273. The summed E-state index contributed by atoms with van der Waals surface area (Å²) in [5.41, 5.74) is 2.12. The summed E-state index contributed by atoms with van der Waals surface area (Å²) in [6.45, 7) is 1.50. The van der Waals surface area contributed by atoms with Crippen LogP contribution in [-0.4, -0.2) is 58.2 Å². The van der Waals surface area contributed by atoms with E-state index in [1.165, 1.54) is 23.8 Å². The number of ketones is 2. The lowest BCUT2D eigenvalue weighted by atomic mass is 9.88. The summed E-state index contributed by atoms with van der Waals surface area (Å²) in [7, 11) is 3.30. The van der Waals surface area contributed by atoms with Gasteiger partial charge >= 0.3 is 0 Å². The Morgan fingerprint density at radius 1 is 1.17 bits per heavy atom. The Labute approximate surface area is 178 Å². The minimum atomic E-state index is -0.623. The van der Waals surface area contributed by atoms with E-state index in [2.05, 4.69) is 9.97 Å². The van der Waals surface area contributed by atoms with Crippen molar-refractivity contribution in [3.05, 3.63) is 60.0 Å². The molecule has 4 rings (SSSR count). The van der Waals surface area contributed by atoms with E-state index in [0.29, 0.717) is 16.7 Å². The van der Waals surface area contributed by atoms with Crippen LogP contribution in [0.15, 0.2) is 48.8 Å². The number of fused-ring (bicyclic) bond motifs is 1. The number of amides is 1. The summed E-state index contributed by atoms with van der Waals surface area (Å²) in [5.74, 6) is -0.684. The van der Waals surface area contributed by atoms with Gasteiger partial charge in [0, 0.05) is 36.9 Å². The number of aromatic amines is 1. The SMILES string of the molecule is CC(=O)C1C(C(=O)c2c(C(=O)N(C)C)[nH]c3ccccc23)CSN1c1cccnc1. The fourth-order valence-corrected chi connectivity index (χ4v) is 5.22. The van der Waals surface area contributed by atoms with Gasteiger partial charge in [-0.25, -0.2) is 0 Å². The number of nitrogens with one attached hydrogen (secondary N) is 1. The van der Waals surface area contributed by atoms with Crippen molar-refractivity contribution < 1.29 is 14.4 Å². The molecule has 1 saturated heterocycles. The Bertz CT molecular complexity index is 1130. The lowest BCUT2D eigenvalue weighted by Gasteiger charge is -2.25. The Hall–Kier alpha value is -3.13. The molecule has 0 spiro atoms. The van der Waals surface area contributed by atoms with Crippen molar-refractivity contribution in [2.24, 2.45) is 5.92 Å². The highest BCUT2D eigenvalue weighted by molar-refractivity contribution is 8.01. The maximum Gasteiger partial charge on any atom is 0.270 e. The number of aromatic nitrogens is 2. The van der Waals surface area contributed by atoms with E-state index in [1.54, 1.807) is 32.6 Å². The molecule has 1 amide bonds. The van der Waals surface area contributed by atoms with Gasteiger partial charge in [-0.2, -0.15) is 0 Å². The number of para-hydroxylation sites is 1. The summed E-state index contributed by atoms with van der Waals surface area (Å²) in [4.78, 5) is 47.8. The van der Waals surface area contributed by atoms with E-state index in [-0.39, 0.29) is 23.2 Å². The molecule has 1 aromatic carbocycles. The van der Waals surface area contributed by atoms with Crippen LogP contribution >= 0.6 is 11.9 Å². The van der Waals surface area contributed by atoms with Crippen LogP contribution in [0, 0.1) is 5.92 Å². The summed E-state index contributed by atoms with van der Waals surface area (Å²) < 4.78 is 1.86. The Kier molecular flexibility index (Phi) is 5.34. The number of H-pyrrole nitrogens is 1. The molecule has 2 aromatic heterocycles. The molecule has 1 fully saturated rings. The molecule has 1 N–H and O–H groups in total. The van der Waals surface area contributed by atoms with E-state index in [1.807, 2.05) is 34.6 Å². The third-order valence-corrected chi connectivity index (χ3v) is 6.48. The number of carbonyl (C=O) groups is 3. The van der Waals surface area contributed by atoms with E-state index < -0.39 is 12.0 Å². The van der Waals surface area contributed by atoms with Crippen molar-refractivity contribution in [3.63, 3.8) is 0 Å². The lowest BCUT2D eigenvalue weighted by Crippen LogP contribution is -2.40. The second kappa shape index (κ2) is 7.95. The van der Waals surface area contributed by atoms with Crippen LogP contribution in [0.5, 0.6) is 0 Å². The van der Waals surface area contributed by atoms with E-state index in [9.17, 15) is 14.4 Å². The highest BCUT2D eigenvalue weighted by atomic mass is 32.2. The van der Waals surface area contributed by atoms with Crippen LogP contribution < -0.4 is 4.31 Å². The second-order valence-electron chi connectivity index (χ2n) is 7.48. The predicted molar refractivity (Wildman–Crippen MR) is 118 cm³/mol. The molecule has 2 unspecified atom stereocenters. The standard InChI is InChI=1S/C22H22N4O3S/c1-13(27)20-16(12-30-26(20)14-7-6-10-23-11-14)21(28)18-15-8-4-5-9-17(15)24-19(18)22(29)25(2)3/h4-11,16,20,24H,12H2,1-3H3. The van der Waals surface area contributed by atoms with Crippen molar-refractivity contribution >= 4 is 46.0 Å². The molecular formula is C22H22N4O3S. The number of anilines is 1. The van der Waals surface area contributed by atoms with Gasteiger partial charge in [0.15, 0.2) is 11.6 Å². The quantitative estimate of drug-likeness (QED) is 0.502. The van der Waals surface area contributed by atoms with E-state index >= 15 is 0 Å². The number of carbonyl (C=O) groups excluding carboxylic acids is 3. The fourth-order valence-electron chi connectivity index (χ4n) is 3.85. The van der Waals surface area contributed by atoms with Gasteiger partial charge < -0.3 is 14.2 Å². The van der Waals surface area contributed by atoms with Gasteiger partial charge in [0.1, 0.15) is 11.7 Å². The molecule has 154 valence electrons. The first-order valence-electron chi connectivity index (χ1n) is 9.59. The average molecular weight is 423 g/mol. The first kappa shape index (κ1) is 20.2. The molecule has 3 heterocycles. The van der Waals surface area contributed by atoms with Gasteiger partial charge in [-0.1, -0.05) is 18.2 Å². The van der Waals surface area contributed by atoms with Crippen LogP contribution in [0.1, 0.15) is 27.8 Å². The number of rotatable bonds is 5. The van der Waals surface area contributed by atoms with Crippen LogP contribution in [0.25, 0.3) is 10.9 Å². The summed E-state index contributed by atoms with van der Waals surface area (Å²) in [6.07, 6.45) is 3.35. The van der Waals surface area contributed by atoms with Crippen LogP contribution in [0.2, 0.25) is 0 Å². The van der Waals surface area contributed by atoms with Crippen molar-refractivity contribution in [2.75, 3.05) is 24.2 Å². The smallest absolute Gasteiger partial charge is 0.270 e. The summed E-state index contributed by atoms with van der Waals surface area (Å²) >= 11 is 1.44. The molecule has 2 atom stereocenters. The Morgan fingerprint density at radius 2 is 1.93 bits per heavy atom. The van der Waals surface area contributed by atoms with Gasteiger partial charge in [0.2, 0.25) is 0 Å². The van der Waals surface area contributed by atoms with Crippen LogP contribution in [0.3, 0.4) is 0 Å². The number of nitrogens with zero attached hydrogens (tertiary/aromatic N) is 3. The third kappa shape index (κ3) is 3.37. The molecule has 1 aliphatic heterocycles. The van der Waals surface area contributed by atoms with Gasteiger partial charge in [-0.15, -0.1) is 0 Å². The zero-order valence-corrected chi connectivity index (χ0v) is 17.8. The molecule has 0 radical (unpaired) electrons. The molecule has 8 heteroatoms. The van der Waals surface area contributed by atoms with Crippen molar-refractivity contribution in [1.29, 1.82) is 0 Å². The molecular weight excluding hydrogens is 400 g/mol. The number of pyridine rings is 1. The Morgan fingerprint density at radius 3 is 2.60 bits per heavy atom. The van der Waals surface area contributed by atoms with Gasteiger partial charge in [0.05, 0.1) is 23.4 Å². The number of hydrogen-bond donors (Lipinski definition) is 1. The minimum absolute atomic E-state index is 0.0949. The monoisotopic (exact) mass is 422 g/mol. The van der Waals surface area contributed by atoms with Crippen molar-refractivity contribution in [2.45, 2.75) is 13.0 Å². The van der Waals surface area contributed by atoms with Crippen molar-refractivity contribution in [1.82, 2.24) is 14.9 Å². The largest absolute Gasteiger partial charge is 0.350 e. The molecule has 0 saturated carbocycles. The lowest BCUT2D eigenvalue weighted by molar-refractivity contribution is -0.118. The van der Waals surface area contributed by atoms with Crippen LogP contribution in [-0.2, 0) is 4.79 Å². The van der Waals surface area contributed by atoms with Crippen LogP contribution in [0.4, 0.5) is 5.69 Å².